The predicted octanol–water partition coefficient (Wildman–Crippen LogP) is 2.01. The second-order valence-electron chi connectivity index (χ2n) is 3.36. The summed E-state index contributed by atoms with van der Waals surface area (Å²) in [6.45, 7) is -2.42. The first-order chi connectivity index (χ1) is 9.32. The van der Waals surface area contributed by atoms with Crippen LogP contribution in [0.25, 0.3) is 11.1 Å². The van der Waals surface area contributed by atoms with Crippen molar-refractivity contribution in [1.82, 2.24) is 9.78 Å². The lowest BCUT2D eigenvalue weighted by Crippen LogP contribution is -2.01. The van der Waals surface area contributed by atoms with E-state index in [0.29, 0.717) is 5.56 Å². The third-order valence-electron chi connectivity index (χ3n) is 2.28. The monoisotopic (exact) mass is 237 g/mol. The highest BCUT2D eigenvalue weighted by atomic mass is 19.1. The molecule has 2 rings (SSSR count). The van der Waals surface area contributed by atoms with E-state index in [0.717, 1.165) is 10.7 Å². The highest BCUT2D eigenvalue weighted by Gasteiger charge is 2.11. The van der Waals surface area contributed by atoms with Crippen molar-refractivity contribution in [2.45, 2.75) is 0 Å². The van der Waals surface area contributed by atoms with Crippen molar-refractivity contribution in [2.24, 2.45) is 6.98 Å². The van der Waals surface area contributed by atoms with Gasteiger partial charge >= 0.3 is 5.97 Å². The molecule has 0 saturated heterocycles. The number of carbonyl (C=O) groups excluding carboxylic acids is 1. The van der Waals surface area contributed by atoms with E-state index < -0.39 is 18.8 Å². The molecule has 4 nitrogen and oxygen atoms in total. The molecule has 0 aliphatic rings. The lowest BCUT2D eigenvalue weighted by Gasteiger charge is -2.03. The topological polar surface area (TPSA) is 44.1 Å². The number of benzene rings is 1. The number of aromatic nitrogens is 2. The molecule has 1 aromatic heterocycles. The molecule has 1 aromatic carbocycles. The Bertz CT molecular complexity index is 652. The Morgan fingerprint density at radius 3 is 3.00 bits per heavy atom. The fourth-order valence-electron chi connectivity index (χ4n) is 1.46. The largest absolute Gasteiger partial charge is 0.465 e. The summed E-state index contributed by atoms with van der Waals surface area (Å²) in [5.74, 6) is -1.30. The number of hydrogen-bond donors (Lipinski definition) is 0. The molecular weight excluding hydrogens is 223 g/mol. The molecule has 17 heavy (non-hydrogen) atoms. The lowest BCUT2D eigenvalue weighted by molar-refractivity contribution is 0.0600. The van der Waals surface area contributed by atoms with E-state index in [1.807, 2.05) is 0 Å². The molecule has 0 unspecified atom stereocenters. The van der Waals surface area contributed by atoms with Gasteiger partial charge < -0.3 is 4.74 Å². The van der Waals surface area contributed by atoms with E-state index in [4.69, 9.17) is 4.11 Å². The number of ether oxygens (including phenoxy) is 1. The normalized spacial score (nSPS) is 13.6. The zero-order chi connectivity index (χ0) is 14.9. The van der Waals surface area contributed by atoms with Crippen LogP contribution in [-0.4, -0.2) is 22.9 Å². The van der Waals surface area contributed by atoms with Gasteiger partial charge in [-0.25, -0.2) is 9.18 Å². The van der Waals surface area contributed by atoms with Crippen molar-refractivity contribution in [2.75, 3.05) is 7.11 Å². The number of methoxy groups -OCH3 is 1. The maximum atomic E-state index is 14.0. The standard InChI is InChI=1S/C12H11FN2O2/c1-15-7-9(6-14-15)10-4-3-8(5-11(10)13)12(16)17-2/h3-7H,1-2H3/i1D3. The minimum absolute atomic E-state index is 0.0805. The van der Waals surface area contributed by atoms with Gasteiger partial charge in [-0.05, 0) is 12.1 Å². The highest BCUT2D eigenvalue weighted by Crippen LogP contribution is 2.23. The van der Waals surface area contributed by atoms with E-state index in [1.165, 1.54) is 31.6 Å². The number of aryl methyl sites for hydroxylation is 1. The van der Waals surface area contributed by atoms with Crippen LogP contribution in [0, 0.1) is 5.82 Å². The Kier molecular flexibility index (Phi) is 2.06. The molecule has 0 amide bonds. The van der Waals surface area contributed by atoms with Crippen LogP contribution in [0.4, 0.5) is 4.39 Å². The summed E-state index contributed by atoms with van der Waals surface area (Å²) in [5, 5.41) is 3.67. The summed E-state index contributed by atoms with van der Waals surface area (Å²) < 4.78 is 40.8. The summed E-state index contributed by atoms with van der Waals surface area (Å²) in [6.07, 6.45) is 2.48. The second-order valence-corrected chi connectivity index (χ2v) is 3.36. The molecule has 0 fully saturated rings. The van der Waals surface area contributed by atoms with Crippen molar-refractivity contribution >= 4 is 5.97 Å². The number of halogens is 1. The van der Waals surface area contributed by atoms with Crippen molar-refractivity contribution in [1.29, 1.82) is 0 Å². The highest BCUT2D eigenvalue weighted by molar-refractivity contribution is 5.90. The van der Waals surface area contributed by atoms with Crippen molar-refractivity contribution in [3.8, 4) is 11.1 Å². The molecule has 0 N–H and O–H groups in total. The van der Waals surface area contributed by atoms with E-state index in [-0.39, 0.29) is 11.1 Å². The van der Waals surface area contributed by atoms with Gasteiger partial charge in [-0.2, -0.15) is 5.10 Å². The van der Waals surface area contributed by atoms with Crippen LogP contribution >= 0.6 is 0 Å². The average molecular weight is 237 g/mol. The summed E-state index contributed by atoms with van der Waals surface area (Å²) in [4.78, 5) is 11.3. The third-order valence-corrected chi connectivity index (χ3v) is 2.28. The molecule has 0 aliphatic carbocycles. The Morgan fingerprint density at radius 1 is 1.59 bits per heavy atom. The number of rotatable bonds is 2. The summed E-state index contributed by atoms with van der Waals surface area (Å²) in [5.41, 5.74) is 0.556. The lowest BCUT2D eigenvalue weighted by atomic mass is 10.1. The Hall–Kier alpha value is -2.17. The number of esters is 1. The van der Waals surface area contributed by atoms with Gasteiger partial charge in [-0.1, -0.05) is 6.07 Å². The maximum absolute atomic E-state index is 14.0. The molecular formula is C12H11FN2O2. The SMILES string of the molecule is [2H]C([2H])([2H])n1cc(-c2ccc(C(=O)OC)cc2F)cn1. The number of hydrogen-bond acceptors (Lipinski definition) is 3. The van der Waals surface area contributed by atoms with Crippen LogP contribution in [0.2, 0.25) is 0 Å². The fourth-order valence-corrected chi connectivity index (χ4v) is 1.46. The molecule has 0 saturated carbocycles. The van der Waals surface area contributed by atoms with Crippen LogP contribution in [0.1, 0.15) is 14.5 Å². The van der Waals surface area contributed by atoms with Crippen LogP contribution in [0.5, 0.6) is 0 Å². The molecule has 1 heterocycles. The van der Waals surface area contributed by atoms with Crippen molar-refractivity contribution in [3.63, 3.8) is 0 Å². The quantitative estimate of drug-likeness (QED) is 0.750. The van der Waals surface area contributed by atoms with Gasteiger partial charge in [0.2, 0.25) is 0 Å². The van der Waals surface area contributed by atoms with E-state index in [1.54, 1.807) is 0 Å². The fraction of sp³-hybridized carbons (Fsp3) is 0.167. The van der Waals surface area contributed by atoms with Gasteiger partial charge in [-0.3, -0.25) is 4.68 Å². The molecule has 0 radical (unpaired) electrons. The summed E-state index contributed by atoms with van der Waals surface area (Å²) in [7, 11) is 1.20. The van der Waals surface area contributed by atoms with Gasteiger partial charge in [0, 0.05) is 28.4 Å². The third kappa shape index (κ3) is 2.18. The average Bonchev–Trinajstić information content (AvgIpc) is 2.87. The van der Waals surface area contributed by atoms with Crippen LogP contribution in [-0.2, 0) is 11.7 Å². The molecule has 5 heteroatoms. The molecule has 2 aromatic rings. The van der Waals surface area contributed by atoms with Gasteiger partial charge in [0.1, 0.15) is 5.82 Å². The van der Waals surface area contributed by atoms with Crippen LogP contribution in [0.15, 0.2) is 30.6 Å². The van der Waals surface area contributed by atoms with Crippen LogP contribution < -0.4 is 0 Å². The van der Waals surface area contributed by atoms with E-state index in [9.17, 15) is 9.18 Å². The number of carbonyl (C=O) groups is 1. The molecule has 0 atom stereocenters. The first-order valence-electron chi connectivity index (χ1n) is 6.26. The van der Waals surface area contributed by atoms with E-state index >= 15 is 0 Å². The Balaban J connectivity index is 2.39. The zero-order valence-corrected chi connectivity index (χ0v) is 8.98. The van der Waals surface area contributed by atoms with Gasteiger partial charge in [0.25, 0.3) is 0 Å². The van der Waals surface area contributed by atoms with Crippen LogP contribution in [0.3, 0.4) is 0 Å². The molecule has 0 aliphatic heterocycles. The number of nitrogens with zero attached hydrogens (tertiary/aromatic N) is 2. The minimum atomic E-state index is -2.42. The summed E-state index contributed by atoms with van der Waals surface area (Å²) in [6, 6.07) is 3.81. The minimum Gasteiger partial charge on any atom is -0.465 e. The smallest absolute Gasteiger partial charge is 0.337 e. The van der Waals surface area contributed by atoms with Crippen molar-refractivity contribution in [3.05, 3.63) is 42.0 Å². The predicted molar refractivity (Wildman–Crippen MR) is 59.9 cm³/mol. The first-order valence-corrected chi connectivity index (χ1v) is 4.76. The zero-order valence-electron chi connectivity index (χ0n) is 12.0. The van der Waals surface area contributed by atoms with Gasteiger partial charge in [0.15, 0.2) is 0 Å². The molecule has 88 valence electrons. The maximum Gasteiger partial charge on any atom is 0.337 e. The Labute approximate surface area is 102 Å². The Morgan fingerprint density at radius 2 is 2.41 bits per heavy atom. The first kappa shape index (κ1) is 8.00. The van der Waals surface area contributed by atoms with Gasteiger partial charge in [0.05, 0.1) is 18.9 Å². The summed E-state index contributed by atoms with van der Waals surface area (Å²) >= 11 is 0. The van der Waals surface area contributed by atoms with E-state index in [2.05, 4.69) is 9.84 Å². The molecule has 0 bridgehead atoms. The van der Waals surface area contributed by atoms with Crippen molar-refractivity contribution < 1.29 is 18.0 Å². The van der Waals surface area contributed by atoms with Gasteiger partial charge in [-0.15, -0.1) is 0 Å². The molecule has 0 spiro atoms. The second kappa shape index (κ2) is 4.37.